The zero-order valence-electron chi connectivity index (χ0n) is 20.3. The van der Waals surface area contributed by atoms with E-state index < -0.39 is 11.2 Å². The number of carbonyl (C=O) groups is 4. The fraction of sp³-hybridized carbons (Fsp3) is 0.800. The van der Waals surface area contributed by atoms with Gasteiger partial charge in [0.05, 0.1) is 24.0 Å². The second-order valence-corrected chi connectivity index (χ2v) is 8.68. The largest absolute Gasteiger partial charge is 2.00 e. The Labute approximate surface area is 191 Å². The van der Waals surface area contributed by atoms with Crippen LogP contribution in [0.25, 0.3) is 0 Å². The summed E-state index contributed by atoms with van der Waals surface area (Å²) in [5.74, 6) is -0.451. The molecule has 2 amide bonds. The molecule has 0 aliphatic rings. The number of rotatable bonds is 4. The molecule has 0 atom stereocenters. The molecule has 0 saturated heterocycles. The summed E-state index contributed by atoms with van der Waals surface area (Å²) in [6, 6.07) is 0. The van der Waals surface area contributed by atoms with Gasteiger partial charge in [-0.25, -0.2) is 0 Å². The second kappa shape index (κ2) is 18.9. The maximum atomic E-state index is 10.7. The van der Waals surface area contributed by atoms with Crippen molar-refractivity contribution in [3.63, 3.8) is 0 Å². The summed E-state index contributed by atoms with van der Waals surface area (Å²) in [7, 11) is 6.52. The van der Waals surface area contributed by atoms with Gasteiger partial charge in [-0.15, -0.1) is 0 Å². The minimum atomic E-state index is -0.500. The van der Waals surface area contributed by atoms with Crippen LogP contribution in [0.3, 0.4) is 0 Å². The van der Waals surface area contributed by atoms with Crippen LogP contribution in [-0.2, 0) is 40.9 Å². The van der Waals surface area contributed by atoms with Gasteiger partial charge in [-0.1, -0.05) is 0 Å². The summed E-state index contributed by atoms with van der Waals surface area (Å²) in [5, 5.41) is 17.0. The first kappa shape index (κ1) is 38.5. The molecule has 9 heteroatoms. The molecule has 0 aromatic rings. The van der Waals surface area contributed by atoms with Crippen LogP contribution in [0.15, 0.2) is 0 Å². The molecule has 170 valence electrons. The maximum absolute atomic E-state index is 10.7. The van der Waals surface area contributed by atoms with E-state index >= 15 is 0 Å². The first-order valence-corrected chi connectivity index (χ1v) is 8.91. The van der Waals surface area contributed by atoms with Gasteiger partial charge < -0.3 is 20.0 Å². The third-order valence-electron chi connectivity index (χ3n) is 1.80. The van der Waals surface area contributed by atoms with Gasteiger partial charge in [0, 0.05) is 28.2 Å². The van der Waals surface area contributed by atoms with Gasteiger partial charge >= 0.3 is 21.7 Å². The van der Waals surface area contributed by atoms with Crippen LogP contribution in [0, 0.1) is 0 Å². The van der Waals surface area contributed by atoms with E-state index in [0.29, 0.717) is 0 Å². The Morgan fingerprint density at radius 2 is 0.759 bits per heavy atom. The van der Waals surface area contributed by atoms with Crippen LogP contribution < -0.4 is 0 Å². The van der Waals surface area contributed by atoms with Gasteiger partial charge in [0.25, 0.3) is 0 Å². The van der Waals surface area contributed by atoms with E-state index in [1.165, 1.54) is 23.6 Å². The molecular formula is C20H42N2O6Ti+2. The van der Waals surface area contributed by atoms with Gasteiger partial charge in [0.15, 0.2) is 0 Å². The Morgan fingerprint density at radius 1 is 0.621 bits per heavy atom. The van der Waals surface area contributed by atoms with Crippen LogP contribution in [-0.4, -0.2) is 82.8 Å². The van der Waals surface area contributed by atoms with Gasteiger partial charge in [0.2, 0.25) is 11.8 Å². The molecule has 0 radical (unpaired) electrons. The number of carbonyl (C=O) groups excluding carboxylic acids is 4. The molecule has 0 saturated carbocycles. The van der Waals surface area contributed by atoms with E-state index in [0.717, 1.165) is 0 Å². The van der Waals surface area contributed by atoms with E-state index in [4.69, 9.17) is 10.2 Å². The summed E-state index contributed by atoms with van der Waals surface area (Å²) in [6.07, 6.45) is 0.0417. The molecule has 0 unspecified atom stereocenters. The summed E-state index contributed by atoms with van der Waals surface area (Å²) in [5.41, 5.74) is -1.00. The van der Waals surface area contributed by atoms with E-state index in [1.807, 2.05) is 0 Å². The number of amides is 2. The first-order valence-electron chi connectivity index (χ1n) is 8.91. The first-order chi connectivity index (χ1) is 12.1. The topological polar surface area (TPSA) is 115 Å². The van der Waals surface area contributed by atoms with Crippen molar-refractivity contribution in [3.8, 4) is 0 Å². The predicted octanol–water partition coefficient (Wildman–Crippen LogP) is 1.66. The number of hydrogen-bond acceptors (Lipinski definition) is 6. The molecule has 2 N–H and O–H groups in total. The minimum Gasteiger partial charge on any atom is -0.391 e. The zero-order chi connectivity index (χ0) is 23.9. The summed E-state index contributed by atoms with van der Waals surface area (Å²) < 4.78 is 0. The van der Waals surface area contributed by atoms with Gasteiger partial charge in [-0.05, 0) is 55.4 Å². The second-order valence-electron chi connectivity index (χ2n) is 8.68. The van der Waals surface area contributed by atoms with Crippen molar-refractivity contribution in [1.29, 1.82) is 0 Å². The maximum Gasteiger partial charge on any atom is 2.00 e. The third kappa shape index (κ3) is 75.1. The summed E-state index contributed by atoms with van der Waals surface area (Å²) in [4.78, 5) is 44.7. The molecule has 8 nitrogen and oxygen atoms in total. The Morgan fingerprint density at radius 3 is 0.793 bits per heavy atom. The predicted molar refractivity (Wildman–Crippen MR) is 112 cm³/mol. The fourth-order valence-electron chi connectivity index (χ4n) is 0.742. The smallest absolute Gasteiger partial charge is 0.391 e. The Kier molecular flexibility index (Phi) is 25.1. The molecular weight excluding hydrogens is 412 g/mol. The number of nitrogens with zero attached hydrogens (tertiary/aromatic N) is 2. The standard InChI is InChI=1S/2C6H11NO2.2C4H10O.Ti/c2*1-5(8)4-6(9)7(2)3;2*1-4(2,3)5;/h2*4H2,1-3H3;2*5H,1-3H3;/q;;;;+2. The monoisotopic (exact) mass is 454 g/mol. The molecule has 0 heterocycles. The van der Waals surface area contributed by atoms with Crippen LogP contribution in [0.1, 0.15) is 68.2 Å². The number of ketones is 2. The third-order valence-corrected chi connectivity index (χ3v) is 1.80. The summed E-state index contributed by atoms with van der Waals surface area (Å²) >= 11 is 0. The Bertz CT molecular complexity index is 422. The van der Waals surface area contributed by atoms with Crippen molar-refractivity contribution in [3.05, 3.63) is 0 Å². The zero-order valence-corrected chi connectivity index (χ0v) is 21.9. The van der Waals surface area contributed by atoms with Crippen molar-refractivity contribution in [1.82, 2.24) is 9.80 Å². The molecule has 0 bridgehead atoms. The molecule has 0 aliphatic carbocycles. The van der Waals surface area contributed by atoms with Crippen LogP contribution in [0.4, 0.5) is 0 Å². The van der Waals surface area contributed by atoms with Crippen molar-refractivity contribution in [2.24, 2.45) is 0 Å². The molecule has 0 aliphatic heterocycles. The van der Waals surface area contributed by atoms with Gasteiger partial charge in [-0.2, -0.15) is 0 Å². The molecule has 0 rings (SSSR count). The summed E-state index contributed by atoms with van der Waals surface area (Å²) in [6.45, 7) is 13.3. The van der Waals surface area contributed by atoms with Crippen molar-refractivity contribution in [2.45, 2.75) is 79.4 Å². The van der Waals surface area contributed by atoms with E-state index in [2.05, 4.69) is 0 Å². The number of hydrogen-bond donors (Lipinski definition) is 2. The molecule has 0 aromatic heterocycles. The minimum absolute atomic E-state index is 0. The van der Waals surface area contributed by atoms with Crippen LogP contribution in [0.2, 0.25) is 0 Å². The average molecular weight is 454 g/mol. The molecule has 0 spiro atoms. The van der Waals surface area contributed by atoms with Crippen molar-refractivity contribution >= 4 is 23.4 Å². The van der Waals surface area contributed by atoms with Crippen molar-refractivity contribution in [2.75, 3.05) is 28.2 Å². The normalized spacial score (nSPS) is 9.59. The Hall–Kier alpha value is -1.09. The molecule has 0 fully saturated rings. The van der Waals surface area contributed by atoms with Gasteiger partial charge in [0.1, 0.15) is 11.6 Å². The van der Waals surface area contributed by atoms with E-state index in [-0.39, 0.29) is 57.9 Å². The van der Waals surface area contributed by atoms with E-state index in [9.17, 15) is 19.2 Å². The molecule has 29 heavy (non-hydrogen) atoms. The van der Waals surface area contributed by atoms with Crippen LogP contribution >= 0.6 is 0 Å². The van der Waals surface area contributed by atoms with E-state index in [1.54, 1.807) is 69.7 Å². The SMILES string of the molecule is CC(=O)CC(=O)N(C)C.CC(=O)CC(=O)N(C)C.CC(C)(C)O.CC(C)(C)O.[Ti+2]. The van der Waals surface area contributed by atoms with Gasteiger partial charge in [-0.3, -0.25) is 19.2 Å². The average Bonchev–Trinajstić information content (AvgIpc) is 2.33. The quantitative estimate of drug-likeness (QED) is 0.493. The van der Waals surface area contributed by atoms with Crippen molar-refractivity contribution < 1.29 is 51.1 Å². The Balaban J connectivity index is -0.0000000907. The fourth-order valence-corrected chi connectivity index (χ4v) is 0.742. The number of Topliss-reactive ketones (excluding diaryl/α,β-unsaturated/α-hetero) is 2. The number of aliphatic hydroxyl groups is 2. The van der Waals surface area contributed by atoms with Crippen LogP contribution in [0.5, 0.6) is 0 Å². The molecule has 0 aromatic carbocycles.